The monoisotopic (exact) mass is 381 g/mol. The fourth-order valence-corrected chi connectivity index (χ4v) is 4.86. The summed E-state index contributed by atoms with van der Waals surface area (Å²) < 4.78 is 1.97. The molecule has 1 aliphatic heterocycles. The summed E-state index contributed by atoms with van der Waals surface area (Å²) in [7, 11) is 1.95. The second-order valence-electron chi connectivity index (χ2n) is 9.00. The van der Waals surface area contributed by atoms with Crippen LogP contribution in [-0.2, 0) is 11.8 Å². The molecule has 150 valence electrons. The molecule has 1 saturated carbocycles. The third-order valence-corrected chi connectivity index (χ3v) is 6.64. The Morgan fingerprint density at radius 1 is 1.14 bits per heavy atom. The molecule has 0 unspecified atom stereocenters. The van der Waals surface area contributed by atoms with E-state index in [2.05, 4.69) is 30.4 Å². The van der Waals surface area contributed by atoms with Gasteiger partial charge in [0.25, 0.3) is 5.91 Å². The van der Waals surface area contributed by atoms with Crippen LogP contribution in [0.2, 0.25) is 0 Å². The first-order valence-corrected chi connectivity index (χ1v) is 10.5. The van der Waals surface area contributed by atoms with E-state index in [0.29, 0.717) is 24.8 Å². The number of likely N-dealkylation sites (tertiary alicyclic amines) is 1. The molecule has 2 heterocycles. The van der Waals surface area contributed by atoms with Crippen LogP contribution in [0, 0.1) is 12.3 Å². The van der Waals surface area contributed by atoms with Gasteiger partial charge in [0.05, 0.1) is 5.41 Å². The first kappa shape index (κ1) is 19.0. The van der Waals surface area contributed by atoms with Crippen LogP contribution in [0.3, 0.4) is 0 Å². The van der Waals surface area contributed by atoms with Crippen molar-refractivity contribution in [1.82, 2.24) is 14.8 Å². The summed E-state index contributed by atoms with van der Waals surface area (Å²) in [6.07, 6.45) is 6.27. The highest BCUT2D eigenvalue weighted by Crippen LogP contribution is 2.32. The largest absolute Gasteiger partial charge is 0.353 e. The number of benzene rings is 1. The molecule has 5 heteroatoms. The number of fused-ring (bicyclic) bond motifs is 1. The predicted molar refractivity (Wildman–Crippen MR) is 111 cm³/mol. The number of amides is 2. The van der Waals surface area contributed by atoms with Crippen LogP contribution in [0.15, 0.2) is 24.3 Å². The average Bonchev–Trinajstić information content (AvgIpc) is 3.29. The Kier molecular flexibility index (Phi) is 4.94. The third-order valence-electron chi connectivity index (χ3n) is 6.64. The standard InChI is InChI=1S/C23H31N3O2/c1-16-9-10-19-17(13-16)14-20(25(19)3)21(27)26-12-6-11-23(2,15-26)22(28)24-18-7-4-5-8-18/h9-10,13-14,18H,4-8,11-12,15H2,1-3H3,(H,24,28)/t23-/m1/s1. The molecule has 1 N–H and O–H groups in total. The van der Waals surface area contributed by atoms with Gasteiger partial charge in [-0.15, -0.1) is 0 Å². The van der Waals surface area contributed by atoms with Gasteiger partial charge in [-0.3, -0.25) is 9.59 Å². The van der Waals surface area contributed by atoms with E-state index in [1.54, 1.807) is 0 Å². The molecule has 2 fully saturated rings. The van der Waals surface area contributed by atoms with E-state index in [-0.39, 0.29) is 11.8 Å². The molecule has 28 heavy (non-hydrogen) atoms. The molecule has 0 bridgehead atoms. The van der Waals surface area contributed by atoms with E-state index in [1.807, 2.05) is 29.5 Å². The minimum absolute atomic E-state index is 0.0240. The molecule has 1 aliphatic carbocycles. The van der Waals surface area contributed by atoms with Crippen LogP contribution >= 0.6 is 0 Å². The minimum Gasteiger partial charge on any atom is -0.353 e. The fourth-order valence-electron chi connectivity index (χ4n) is 4.86. The maximum Gasteiger partial charge on any atom is 0.270 e. The van der Waals surface area contributed by atoms with Crippen molar-refractivity contribution in [1.29, 1.82) is 0 Å². The highest BCUT2D eigenvalue weighted by atomic mass is 16.2. The number of carbonyl (C=O) groups is 2. The lowest BCUT2D eigenvalue weighted by atomic mass is 9.80. The van der Waals surface area contributed by atoms with Gasteiger partial charge in [-0.2, -0.15) is 0 Å². The summed E-state index contributed by atoms with van der Waals surface area (Å²) >= 11 is 0. The van der Waals surface area contributed by atoms with E-state index in [9.17, 15) is 9.59 Å². The highest BCUT2D eigenvalue weighted by Gasteiger charge is 2.40. The zero-order valence-corrected chi connectivity index (χ0v) is 17.3. The van der Waals surface area contributed by atoms with E-state index in [1.165, 1.54) is 18.4 Å². The second kappa shape index (κ2) is 7.26. The quantitative estimate of drug-likeness (QED) is 0.879. The second-order valence-corrected chi connectivity index (χ2v) is 9.00. The molecular formula is C23H31N3O2. The minimum atomic E-state index is -0.502. The van der Waals surface area contributed by atoms with Crippen LogP contribution < -0.4 is 5.32 Å². The van der Waals surface area contributed by atoms with Crippen LogP contribution in [0.25, 0.3) is 10.9 Å². The number of hydrogen-bond donors (Lipinski definition) is 1. The first-order chi connectivity index (χ1) is 13.4. The van der Waals surface area contributed by atoms with Gasteiger partial charge in [-0.05, 0) is 57.7 Å². The number of aromatic nitrogens is 1. The Bertz CT molecular complexity index is 910. The normalized spacial score (nSPS) is 23.3. The van der Waals surface area contributed by atoms with Gasteiger partial charge < -0.3 is 14.8 Å². The predicted octanol–water partition coefficient (Wildman–Crippen LogP) is 3.79. The number of carbonyl (C=O) groups excluding carboxylic acids is 2. The number of hydrogen-bond acceptors (Lipinski definition) is 2. The average molecular weight is 382 g/mol. The summed E-state index contributed by atoms with van der Waals surface area (Å²) in [5.74, 6) is 0.139. The maximum atomic E-state index is 13.3. The van der Waals surface area contributed by atoms with Crippen molar-refractivity contribution in [2.75, 3.05) is 13.1 Å². The topological polar surface area (TPSA) is 54.3 Å². The third kappa shape index (κ3) is 3.43. The lowest BCUT2D eigenvalue weighted by Gasteiger charge is -2.39. The summed E-state index contributed by atoms with van der Waals surface area (Å²) in [5, 5.41) is 4.33. The molecule has 2 amide bonds. The van der Waals surface area contributed by atoms with Crippen molar-refractivity contribution in [3.63, 3.8) is 0 Å². The Labute approximate surface area is 167 Å². The van der Waals surface area contributed by atoms with Crippen molar-refractivity contribution in [2.45, 2.75) is 58.4 Å². The molecular weight excluding hydrogens is 350 g/mol. The highest BCUT2D eigenvalue weighted by molar-refractivity contribution is 5.99. The van der Waals surface area contributed by atoms with Gasteiger partial charge in [-0.1, -0.05) is 24.5 Å². The SMILES string of the molecule is Cc1ccc2c(c1)cc(C(=O)N1CCC[C@@](C)(C(=O)NC3CCCC3)C1)n2C. The molecule has 0 radical (unpaired) electrons. The zero-order valence-electron chi connectivity index (χ0n) is 17.3. The summed E-state index contributed by atoms with van der Waals surface area (Å²) in [4.78, 5) is 28.1. The molecule has 1 saturated heterocycles. The van der Waals surface area contributed by atoms with Crippen molar-refractivity contribution < 1.29 is 9.59 Å². The smallest absolute Gasteiger partial charge is 0.270 e. The Morgan fingerprint density at radius 3 is 2.64 bits per heavy atom. The summed E-state index contributed by atoms with van der Waals surface area (Å²) in [5.41, 5.74) is 2.44. The lowest BCUT2D eigenvalue weighted by molar-refractivity contribution is -0.133. The molecule has 1 aromatic carbocycles. The van der Waals surface area contributed by atoms with E-state index < -0.39 is 5.41 Å². The molecule has 1 aromatic heterocycles. The van der Waals surface area contributed by atoms with Crippen molar-refractivity contribution in [2.24, 2.45) is 12.5 Å². The number of nitrogens with zero attached hydrogens (tertiary/aromatic N) is 2. The van der Waals surface area contributed by atoms with Gasteiger partial charge in [0.1, 0.15) is 5.69 Å². The molecule has 2 aromatic rings. The number of aryl methyl sites for hydroxylation is 2. The number of nitrogens with one attached hydrogen (secondary N) is 1. The van der Waals surface area contributed by atoms with Crippen LogP contribution in [0.1, 0.15) is 61.5 Å². The fraction of sp³-hybridized carbons (Fsp3) is 0.565. The van der Waals surface area contributed by atoms with Gasteiger partial charge in [0, 0.05) is 37.1 Å². The van der Waals surface area contributed by atoms with Crippen LogP contribution in [0.4, 0.5) is 0 Å². The zero-order chi connectivity index (χ0) is 19.9. The lowest BCUT2D eigenvalue weighted by Crippen LogP contribution is -2.53. The first-order valence-electron chi connectivity index (χ1n) is 10.5. The number of piperidine rings is 1. The van der Waals surface area contributed by atoms with Gasteiger partial charge in [0.2, 0.25) is 5.91 Å². The molecule has 1 atom stereocenters. The van der Waals surface area contributed by atoms with Crippen LogP contribution in [-0.4, -0.2) is 40.4 Å². The Morgan fingerprint density at radius 2 is 1.89 bits per heavy atom. The molecule has 4 rings (SSSR count). The van der Waals surface area contributed by atoms with E-state index in [0.717, 1.165) is 36.6 Å². The van der Waals surface area contributed by atoms with Gasteiger partial charge in [0.15, 0.2) is 0 Å². The summed E-state index contributed by atoms with van der Waals surface area (Å²) in [6, 6.07) is 8.55. The number of rotatable bonds is 3. The van der Waals surface area contributed by atoms with Crippen molar-refractivity contribution >= 4 is 22.7 Å². The van der Waals surface area contributed by atoms with Crippen LogP contribution in [0.5, 0.6) is 0 Å². The molecule has 2 aliphatic rings. The van der Waals surface area contributed by atoms with Crippen molar-refractivity contribution in [3.05, 3.63) is 35.5 Å². The molecule has 5 nitrogen and oxygen atoms in total. The Hall–Kier alpha value is -2.30. The maximum absolute atomic E-state index is 13.3. The van der Waals surface area contributed by atoms with Gasteiger partial charge in [-0.25, -0.2) is 0 Å². The molecule has 0 spiro atoms. The van der Waals surface area contributed by atoms with Gasteiger partial charge >= 0.3 is 0 Å². The Balaban J connectivity index is 1.53. The van der Waals surface area contributed by atoms with E-state index in [4.69, 9.17) is 0 Å². The van der Waals surface area contributed by atoms with Crippen molar-refractivity contribution in [3.8, 4) is 0 Å². The summed E-state index contributed by atoms with van der Waals surface area (Å²) in [6.45, 7) is 5.28. The van der Waals surface area contributed by atoms with E-state index >= 15 is 0 Å².